The highest BCUT2D eigenvalue weighted by molar-refractivity contribution is 8.45. The highest BCUT2D eigenvalue weighted by Gasteiger charge is 2.65. The predicted molar refractivity (Wildman–Crippen MR) is 54.4 cm³/mol. The van der Waals surface area contributed by atoms with Gasteiger partial charge >= 0.3 is 10.2 Å². The van der Waals surface area contributed by atoms with E-state index in [4.69, 9.17) is 0 Å². The molecule has 0 aliphatic rings. The Hall–Kier alpha value is -1.24. The summed E-state index contributed by atoms with van der Waals surface area (Å²) in [5, 5.41) is 0.158. The second-order valence-electron chi connectivity index (χ2n) is 3.65. The molecule has 1 nitrogen and oxygen atoms in total. The maximum absolute atomic E-state index is 12.5. The van der Waals surface area contributed by atoms with Crippen molar-refractivity contribution in [3.05, 3.63) is 30.0 Å². The lowest BCUT2D eigenvalue weighted by Gasteiger charge is -2.40. The van der Waals surface area contributed by atoms with Crippen molar-refractivity contribution in [2.45, 2.75) is 11.8 Å². The third-order valence-corrected chi connectivity index (χ3v) is 3.45. The Bertz CT molecular complexity index is 568. The molecule has 0 saturated heterocycles. The number of hydrogen-bond acceptors (Lipinski definition) is 0. The molecule has 0 atom stereocenters. The molecule has 0 spiro atoms. The Morgan fingerprint density at radius 3 is 2.25 bits per heavy atom. The standard InChI is InChI=1S/C9H8F5NS/c1-6-5-15-9-3-2-7(4-8(6)9)16(10,11,12,13)14/h2-5,15H,1H3. The molecule has 0 unspecified atom stereocenters. The zero-order valence-electron chi connectivity index (χ0n) is 8.11. The fraction of sp³-hybridized carbons (Fsp3) is 0.111. The van der Waals surface area contributed by atoms with Gasteiger partial charge in [0, 0.05) is 17.1 Å². The number of rotatable bonds is 1. The predicted octanol–water partition coefficient (Wildman–Crippen LogP) is 5.13. The summed E-state index contributed by atoms with van der Waals surface area (Å²) in [7, 11) is -9.56. The Morgan fingerprint density at radius 2 is 1.69 bits per heavy atom. The first kappa shape index (κ1) is 11.3. The second-order valence-corrected chi connectivity index (χ2v) is 6.06. The molecule has 1 aromatic carbocycles. The number of nitrogens with one attached hydrogen (secondary N) is 1. The molecule has 2 rings (SSSR count). The lowest BCUT2D eigenvalue weighted by atomic mass is 10.2. The molecule has 0 radical (unpaired) electrons. The summed E-state index contributed by atoms with van der Waals surface area (Å²) in [6, 6.07) is 1.90. The van der Waals surface area contributed by atoms with E-state index in [1.165, 1.54) is 6.20 Å². The summed E-state index contributed by atoms with van der Waals surface area (Å²) in [4.78, 5) is 0.841. The lowest BCUT2D eigenvalue weighted by molar-refractivity contribution is 0.364. The first-order valence-corrected chi connectivity index (χ1v) is 6.24. The molecular formula is C9H8F5NS. The summed E-state index contributed by atoms with van der Waals surface area (Å²) in [5.41, 5.74) is 0.904. The summed E-state index contributed by atoms with van der Waals surface area (Å²) < 4.78 is 62.5. The van der Waals surface area contributed by atoms with Crippen molar-refractivity contribution in [2.75, 3.05) is 0 Å². The molecular weight excluding hydrogens is 249 g/mol. The minimum atomic E-state index is -9.56. The first-order chi connectivity index (χ1) is 6.97. The van der Waals surface area contributed by atoms with Gasteiger partial charge in [-0.2, -0.15) is 0 Å². The van der Waals surface area contributed by atoms with Crippen molar-refractivity contribution in [1.82, 2.24) is 4.98 Å². The maximum atomic E-state index is 12.5. The summed E-state index contributed by atoms with van der Waals surface area (Å²) in [5.74, 6) is 0. The third-order valence-electron chi connectivity index (χ3n) is 2.31. The van der Waals surface area contributed by atoms with E-state index in [2.05, 4.69) is 4.98 Å². The van der Waals surface area contributed by atoms with Gasteiger partial charge in [-0.25, -0.2) is 0 Å². The number of halogens is 5. The highest BCUT2D eigenvalue weighted by atomic mass is 32.5. The van der Waals surface area contributed by atoms with Gasteiger partial charge in [0.05, 0.1) is 0 Å². The molecule has 2 aromatic rings. The van der Waals surface area contributed by atoms with E-state index in [-0.39, 0.29) is 5.39 Å². The van der Waals surface area contributed by atoms with Crippen LogP contribution in [0.4, 0.5) is 19.4 Å². The summed E-state index contributed by atoms with van der Waals surface area (Å²) in [6.45, 7) is 1.55. The molecule has 1 aromatic heterocycles. The minimum Gasteiger partial charge on any atom is -0.361 e. The topological polar surface area (TPSA) is 15.8 Å². The average Bonchev–Trinajstić information content (AvgIpc) is 2.44. The average molecular weight is 257 g/mol. The summed E-state index contributed by atoms with van der Waals surface area (Å²) >= 11 is 0. The van der Waals surface area contributed by atoms with Crippen molar-refractivity contribution < 1.29 is 19.4 Å². The Labute approximate surface area is 88.0 Å². The van der Waals surface area contributed by atoms with Crippen LogP contribution in [0.5, 0.6) is 0 Å². The number of aromatic nitrogens is 1. The number of benzene rings is 1. The number of hydrogen-bond donors (Lipinski definition) is 1. The molecule has 0 fully saturated rings. The minimum absolute atomic E-state index is 0.158. The Morgan fingerprint density at radius 1 is 1.06 bits per heavy atom. The maximum Gasteiger partial charge on any atom is 0.310 e. The van der Waals surface area contributed by atoms with Crippen LogP contribution in [-0.2, 0) is 0 Å². The second kappa shape index (κ2) is 2.37. The molecule has 0 aliphatic heterocycles. The van der Waals surface area contributed by atoms with Crippen LogP contribution in [0.3, 0.4) is 0 Å². The van der Waals surface area contributed by atoms with Gasteiger partial charge in [0.25, 0.3) is 0 Å². The Balaban J connectivity index is 2.79. The van der Waals surface area contributed by atoms with E-state index >= 15 is 0 Å². The zero-order valence-corrected chi connectivity index (χ0v) is 8.92. The SMILES string of the molecule is Cc1c[nH]c2ccc(S(F)(F)(F)(F)F)cc12. The fourth-order valence-electron chi connectivity index (χ4n) is 1.48. The van der Waals surface area contributed by atoms with Gasteiger partial charge in [0.15, 0.2) is 0 Å². The van der Waals surface area contributed by atoms with Crippen LogP contribution in [0.1, 0.15) is 5.56 Å². The van der Waals surface area contributed by atoms with E-state index in [1.54, 1.807) is 6.92 Å². The highest BCUT2D eigenvalue weighted by Crippen LogP contribution is 3.02. The van der Waals surface area contributed by atoms with E-state index in [1.807, 2.05) is 0 Å². The quantitative estimate of drug-likeness (QED) is 0.681. The lowest BCUT2D eigenvalue weighted by Crippen LogP contribution is -2.05. The van der Waals surface area contributed by atoms with Crippen LogP contribution in [0.15, 0.2) is 29.3 Å². The number of aromatic amines is 1. The number of fused-ring (bicyclic) bond motifs is 1. The molecule has 0 aliphatic carbocycles. The van der Waals surface area contributed by atoms with Gasteiger partial charge in [-0.15, -0.1) is 0 Å². The van der Waals surface area contributed by atoms with Crippen LogP contribution < -0.4 is 0 Å². The largest absolute Gasteiger partial charge is 0.361 e. The van der Waals surface area contributed by atoms with Crippen LogP contribution >= 0.6 is 10.2 Å². The number of H-pyrrole nitrogens is 1. The molecule has 0 saturated carbocycles. The zero-order chi connectivity index (χ0) is 12.3. The van der Waals surface area contributed by atoms with Crippen molar-refractivity contribution >= 4 is 21.1 Å². The van der Waals surface area contributed by atoms with Crippen LogP contribution in [0, 0.1) is 6.92 Å². The van der Waals surface area contributed by atoms with E-state index < -0.39 is 15.1 Å². The molecule has 1 N–H and O–H groups in total. The van der Waals surface area contributed by atoms with E-state index in [0.29, 0.717) is 23.2 Å². The van der Waals surface area contributed by atoms with Crippen LogP contribution in [-0.4, -0.2) is 4.98 Å². The van der Waals surface area contributed by atoms with Crippen molar-refractivity contribution in [3.8, 4) is 0 Å². The van der Waals surface area contributed by atoms with Crippen LogP contribution in [0.2, 0.25) is 0 Å². The normalized spacial score (nSPS) is 17.1. The molecule has 16 heavy (non-hydrogen) atoms. The summed E-state index contributed by atoms with van der Waals surface area (Å²) in [6.07, 6.45) is 1.47. The molecule has 90 valence electrons. The van der Waals surface area contributed by atoms with E-state index in [0.717, 1.165) is 6.07 Å². The monoisotopic (exact) mass is 257 g/mol. The van der Waals surface area contributed by atoms with Gasteiger partial charge < -0.3 is 4.98 Å². The Kier molecular flexibility index (Phi) is 1.67. The van der Waals surface area contributed by atoms with Gasteiger partial charge in [-0.3, -0.25) is 0 Å². The molecule has 0 amide bonds. The smallest absolute Gasteiger partial charge is 0.310 e. The third kappa shape index (κ3) is 1.87. The van der Waals surface area contributed by atoms with Crippen molar-refractivity contribution in [3.63, 3.8) is 0 Å². The fourth-order valence-corrected chi connectivity index (χ4v) is 2.14. The number of aryl methyl sites for hydroxylation is 1. The van der Waals surface area contributed by atoms with Crippen molar-refractivity contribution in [1.29, 1.82) is 0 Å². The molecule has 7 heteroatoms. The van der Waals surface area contributed by atoms with Crippen molar-refractivity contribution in [2.24, 2.45) is 0 Å². The first-order valence-electron chi connectivity index (χ1n) is 4.29. The van der Waals surface area contributed by atoms with Gasteiger partial charge in [0.1, 0.15) is 4.90 Å². The molecule has 0 bridgehead atoms. The van der Waals surface area contributed by atoms with Crippen LogP contribution in [0.25, 0.3) is 10.9 Å². The molecule has 1 heterocycles. The van der Waals surface area contributed by atoms with Gasteiger partial charge in [-0.05, 0) is 30.7 Å². The van der Waals surface area contributed by atoms with E-state index in [9.17, 15) is 19.4 Å². The van der Waals surface area contributed by atoms with Gasteiger partial charge in [0.2, 0.25) is 0 Å². The van der Waals surface area contributed by atoms with Gasteiger partial charge in [-0.1, -0.05) is 19.4 Å².